The molecule has 4 saturated carbocycles. The third kappa shape index (κ3) is 3.49. The van der Waals surface area contributed by atoms with Crippen LogP contribution in [0.25, 0.3) is 5.57 Å². The first-order chi connectivity index (χ1) is 18.2. The van der Waals surface area contributed by atoms with Crippen molar-refractivity contribution in [3.8, 4) is 5.75 Å². The molecular formula is C37H54O2. The molecule has 0 aromatic heterocycles. The number of aryl methyl sites for hydroxylation is 1. The third-order valence-electron chi connectivity index (χ3n) is 14.6. The van der Waals surface area contributed by atoms with Crippen LogP contribution in [-0.2, 0) is 0 Å². The predicted octanol–water partition coefficient (Wildman–Crippen LogP) is 9.34. The molecule has 1 aromatic rings. The number of aliphatic hydroxyl groups excluding tert-OH is 1. The Morgan fingerprint density at radius 3 is 2.33 bits per heavy atom. The lowest BCUT2D eigenvalue weighted by molar-refractivity contribution is -0.228. The van der Waals surface area contributed by atoms with E-state index in [1.54, 1.807) is 0 Å². The molecule has 0 bridgehead atoms. The van der Waals surface area contributed by atoms with Gasteiger partial charge in [0.2, 0.25) is 0 Å². The molecule has 9 atom stereocenters. The molecule has 1 aromatic carbocycles. The maximum absolute atomic E-state index is 10.8. The van der Waals surface area contributed by atoms with E-state index in [4.69, 9.17) is 0 Å². The molecule has 2 heteroatoms. The highest BCUT2D eigenvalue weighted by Crippen LogP contribution is 2.77. The monoisotopic (exact) mass is 530 g/mol. The van der Waals surface area contributed by atoms with Crippen LogP contribution in [0, 0.1) is 63.6 Å². The summed E-state index contributed by atoms with van der Waals surface area (Å²) in [6.07, 6.45) is 13.9. The first kappa shape index (κ1) is 27.6. The van der Waals surface area contributed by atoms with Gasteiger partial charge in [0.25, 0.3) is 0 Å². The number of fused-ring (bicyclic) bond motifs is 7. The summed E-state index contributed by atoms with van der Waals surface area (Å²) in [5.74, 6) is 3.64. The van der Waals surface area contributed by atoms with E-state index in [1.807, 2.05) is 12.1 Å². The van der Waals surface area contributed by atoms with Crippen molar-refractivity contribution < 1.29 is 10.2 Å². The molecule has 2 nitrogen and oxygen atoms in total. The number of aliphatic hydroxyl groups is 1. The minimum absolute atomic E-state index is 0.100. The molecule has 2 N–H and O–H groups in total. The number of hydrogen-bond donors (Lipinski definition) is 2. The molecular weight excluding hydrogens is 476 g/mol. The summed E-state index contributed by atoms with van der Waals surface area (Å²) in [5.41, 5.74) is 6.55. The van der Waals surface area contributed by atoms with Crippen molar-refractivity contribution in [3.05, 3.63) is 47.6 Å². The Labute approximate surface area is 238 Å². The first-order valence-corrected chi connectivity index (χ1v) is 16.0. The second kappa shape index (κ2) is 8.73. The molecule has 214 valence electrons. The van der Waals surface area contributed by atoms with Crippen LogP contribution < -0.4 is 0 Å². The average Bonchev–Trinajstić information content (AvgIpc) is 3.26. The molecule has 0 spiro atoms. The molecule has 5 aliphatic rings. The first-order valence-electron chi connectivity index (χ1n) is 16.0. The second-order valence-corrected chi connectivity index (χ2v) is 16.2. The zero-order valence-electron chi connectivity index (χ0n) is 25.9. The Bertz CT molecular complexity index is 1210. The molecule has 0 radical (unpaired) electrons. The van der Waals surface area contributed by atoms with Gasteiger partial charge in [-0.15, -0.1) is 0 Å². The quantitative estimate of drug-likeness (QED) is 0.382. The molecule has 0 saturated heterocycles. The maximum atomic E-state index is 10.8. The fourth-order valence-electron chi connectivity index (χ4n) is 12.6. The summed E-state index contributed by atoms with van der Waals surface area (Å²) in [6.45, 7) is 22.3. The van der Waals surface area contributed by atoms with Crippen molar-refractivity contribution in [3.63, 3.8) is 0 Å². The van der Waals surface area contributed by atoms with Crippen LogP contribution in [0.15, 0.2) is 36.4 Å². The summed E-state index contributed by atoms with van der Waals surface area (Å²) in [7, 11) is 0. The zero-order valence-corrected chi connectivity index (χ0v) is 25.9. The molecule has 6 rings (SSSR count). The van der Waals surface area contributed by atoms with Gasteiger partial charge in [0.15, 0.2) is 0 Å². The van der Waals surface area contributed by atoms with Gasteiger partial charge < -0.3 is 10.2 Å². The fourth-order valence-corrected chi connectivity index (χ4v) is 12.6. The molecule has 0 aliphatic heterocycles. The lowest BCUT2D eigenvalue weighted by Crippen LogP contribution is -2.65. The van der Waals surface area contributed by atoms with E-state index in [2.05, 4.69) is 67.2 Å². The molecule has 0 heterocycles. The van der Waals surface area contributed by atoms with E-state index in [0.29, 0.717) is 52.3 Å². The van der Waals surface area contributed by atoms with E-state index in [-0.39, 0.29) is 10.8 Å². The van der Waals surface area contributed by atoms with Crippen LogP contribution >= 0.6 is 0 Å². The summed E-state index contributed by atoms with van der Waals surface area (Å²) in [5, 5.41) is 20.8. The van der Waals surface area contributed by atoms with Gasteiger partial charge in [0.05, 0.1) is 0 Å². The van der Waals surface area contributed by atoms with Crippen LogP contribution in [0.1, 0.15) is 110 Å². The average molecular weight is 531 g/mol. The summed E-state index contributed by atoms with van der Waals surface area (Å²) in [4.78, 5) is 0. The number of aromatic hydroxyl groups is 1. The molecule has 5 aliphatic carbocycles. The molecule has 39 heavy (non-hydrogen) atoms. The topological polar surface area (TPSA) is 40.5 Å². The van der Waals surface area contributed by atoms with Crippen molar-refractivity contribution in [2.75, 3.05) is 6.61 Å². The van der Waals surface area contributed by atoms with Crippen molar-refractivity contribution in [1.29, 1.82) is 0 Å². The Morgan fingerprint density at radius 2 is 1.67 bits per heavy atom. The minimum atomic E-state index is 0.100. The zero-order chi connectivity index (χ0) is 28.2. The minimum Gasteiger partial charge on any atom is -0.508 e. The van der Waals surface area contributed by atoms with Gasteiger partial charge in [-0.1, -0.05) is 58.9 Å². The van der Waals surface area contributed by atoms with E-state index >= 15 is 0 Å². The van der Waals surface area contributed by atoms with Crippen molar-refractivity contribution in [2.45, 2.75) is 106 Å². The number of hydrogen-bond acceptors (Lipinski definition) is 2. The van der Waals surface area contributed by atoms with Gasteiger partial charge >= 0.3 is 0 Å². The van der Waals surface area contributed by atoms with E-state index < -0.39 is 0 Å². The molecule has 0 amide bonds. The van der Waals surface area contributed by atoms with E-state index in [1.165, 1.54) is 73.6 Å². The highest BCUT2D eigenvalue weighted by Gasteiger charge is 2.70. The fraction of sp³-hybridized carbons (Fsp3) is 0.730. The summed E-state index contributed by atoms with van der Waals surface area (Å²) >= 11 is 0. The summed E-state index contributed by atoms with van der Waals surface area (Å²) in [6, 6.07) is 5.94. The highest BCUT2D eigenvalue weighted by atomic mass is 16.3. The van der Waals surface area contributed by atoms with Crippen LogP contribution in [0.5, 0.6) is 5.75 Å². The highest BCUT2D eigenvalue weighted by molar-refractivity contribution is 5.74. The van der Waals surface area contributed by atoms with Crippen LogP contribution in [-0.4, -0.2) is 16.8 Å². The smallest absolute Gasteiger partial charge is 0.115 e. The maximum Gasteiger partial charge on any atom is 0.115 e. The van der Waals surface area contributed by atoms with Gasteiger partial charge in [-0.25, -0.2) is 0 Å². The Hall–Kier alpha value is -1.54. The third-order valence-corrected chi connectivity index (χ3v) is 14.6. The van der Waals surface area contributed by atoms with E-state index in [0.717, 1.165) is 12.3 Å². The Morgan fingerprint density at radius 1 is 0.923 bits per heavy atom. The lowest BCUT2D eigenvalue weighted by atomic mass is 9.32. The Kier molecular flexibility index (Phi) is 6.18. The summed E-state index contributed by atoms with van der Waals surface area (Å²) < 4.78 is 0. The van der Waals surface area contributed by atoms with Crippen molar-refractivity contribution in [2.24, 2.45) is 56.7 Å². The Balaban J connectivity index is 1.39. The number of phenolic OH excluding ortho intramolecular Hbond substituents is 1. The molecule has 4 fully saturated rings. The van der Waals surface area contributed by atoms with Gasteiger partial charge in [0.1, 0.15) is 5.75 Å². The van der Waals surface area contributed by atoms with Gasteiger partial charge in [-0.05, 0) is 157 Å². The molecule has 0 unspecified atom stereocenters. The van der Waals surface area contributed by atoms with Crippen molar-refractivity contribution >= 4 is 5.57 Å². The van der Waals surface area contributed by atoms with E-state index in [9.17, 15) is 10.2 Å². The standard InChI is InChI=1S/C37H54O2/c1-23(2)26-13-18-37(22-38)20-19-35(7)29(32(26)37)11-12-31-34(6)16-14-28(27-10-9-25(39)21-24(27)3)33(4,5)30(34)15-17-36(31,35)8/h9-10,14,21,26,29-32,38-39H,1,11-13,15-20,22H2,2-8H3/t26-,29+,30-,31+,32+,34-,35+,36+,37+/m0/s1. The van der Waals surface area contributed by atoms with Gasteiger partial charge in [-0.2, -0.15) is 0 Å². The number of phenols is 1. The number of benzene rings is 1. The van der Waals surface area contributed by atoms with Crippen LogP contribution in [0.3, 0.4) is 0 Å². The second-order valence-electron chi connectivity index (χ2n) is 16.2. The van der Waals surface area contributed by atoms with Gasteiger partial charge in [0, 0.05) is 6.61 Å². The van der Waals surface area contributed by atoms with Crippen molar-refractivity contribution in [1.82, 2.24) is 0 Å². The lowest BCUT2D eigenvalue weighted by Gasteiger charge is -2.72. The van der Waals surface area contributed by atoms with Crippen LogP contribution in [0.4, 0.5) is 0 Å². The number of allylic oxidation sites excluding steroid dienone is 3. The largest absolute Gasteiger partial charge is 0.508 e. The predicted molar refractivity (Wildman–Crippen MR) is 162 cm³/mol. The van der Waals surface area contributed by atoms with Crippen LogP contribution in [0.2, 0.25) is 0 Å². The normalized spacial score (nSPS) is 46.4. The SMILES string of the molecule is C=C(C)[C@@H]1CC[C@]2(CO)CC[C@]3(C)[C@H](CC[C@@H]4[C@@]5(C)CC=C(c6ccc(O)cc6C)C(C)(C)[C@@H]5CC[C@]43C)[C@@H]12. The number of rotatable bonds is 3. The van der Waals surface area contributed by atoms with Gasteiger partial charge in [-0.3, -0.25) is 0 Å².